The average Bonchev–Trinajstić information content (AvgIpc) is 3.31. The van der Waals surface area contributed by atoms with Gasteiger partial charge >= 0.3 is 0 Å². The molecule has 0 saturated carbocycles. The molecular formula is C47H50IrN2-2. The molecule has 4 aromatic carbocycles. The molecule has 259 valence electrons. The molecule has 0 bridgehead atoms. The molecule has 6 aromatic rings. The predicted molar refractivity (Wildman–Crippen MR) is 208 cm³/mol. The van der Waals surface area contributed by atoms with Crippen LogP contribution in [0.15, 0.2) is 103 Å². The molecule has 1 aliphatic carbocycles. The molecular weight excluding hydrogens is 785 g/mol. The summed E-state index contributed by atoms with van der Waals surface area (Å²) in [4.78, 5) is 9.34. The van der Waals surface area contributed by atoms with E-state index in [1.807, 2.05) is 12.4 Å². The van der Waals surface area contributed by atoms with Crippen molar-refractivity contribution in [2.45, 2.75) is 97.8 Å². The largest absolute Gasteiger partial charge is 0.305 e. The smallest absolute Gasteiger partial charge is 0.0198 e. The summed E-state index contributed by atoms with van der Waals surface area (Å²) in [6, 6.07) is 39.4. The van der Waals surface area contributed by atoms with E-state index in [-0.39, 0.29) is 41.8 Å². The molecule has 0 atom stereocenters. The SMILES string of the molecule is CC(C)(C)c1c[c-]c(-c2ccc(C(C)(C)C)cn2)cc1.CC(C)(C)c1ccnc(-c2[c-]ccc3c2C(C)(C)c2c-3ccc3ccccc23)c1.[Ir]. The van der Waals surface area contributed by atoms with Crippen molar-refractivity contribution in [3.8, 4) is 33.6 Å². The van der Waals surface area contributed by atoms with Gasteiger partial charge in [-0.3, -0.25) is 0 Å². The van der Waals surface area contributed by atoms with Crippen LogP contribution >= 0.6 is 0 Å². The molecule has 1 radical (unpaired) electrons. The molecule has 0 saturated heterocycles. The molecule has 1 aliphatic rings. The van der Waals surface area contributed by atoms with E-state index in [0.29, 0.717) is 0 Å². The van der Waals surface area contributed by atoms with Crippen LogP contribution in [0.25, 0.3) is 44.4 Å². The number of aromatic nitrogens is 2. The first-order valence-corrected chi connectivity index (χ1v) is 17.5. The van der Waals surface area contributed by atoms with E-state index in [0.717, 1.165) is 22.5 Å². The van der Waals surface area contributed by atoms with Crippen LogP contribution < -0.4 is 0 Å². The van der Waals surface area contributed by atoms with Gasteiger partial charge in [0.25, 0.3) is 0 Å². The number of rotatable bonds is 2. The van der Waals surface area contributed by atoms with Gasteiger partial charge in [-0.25, -0.2) is 0 Å². The van der Waals surface area contributed by atoms with Crippen molar-refractivity contribution >= 4 is 10.8 Å². The Hall–Kier alpha value is -3.91. The molecule has 0 unspecified atom stereocenters. The summed E-state index contributed by atoms with van der Waals surface area (Å²) in [5.74, 6) is 0. The average molecular weight is 835 g/mol. The second kappa shape index (κ2) is 13.7. The van der Waals surface area contributed by atoms with Crippen molar-refractivity contribution in [3.63, 3.8) is 0 Å². The quantitative estimate of drug-likeness (QED) is 0.162. The first kappa shape index (κ1) is 37.3. The fourth-order valence-corrected chi connectivity index (χ4v) is 6.95. The van der Waals surface area contributed by atoms with Gasteiger partial charge < -0.3 is 9.97 Å². The van der Waals surface area contributed by atoms with Crippen molar-refractivity contribution in [2.75, 3.05) is 0 Å². The minimum absolute atomic E-state index is 0. The number of hydrogen-bond donors (Lipinski definition) is 0. The first-order chi connectivity index (χ1) is 23.0. The van der Waals surface area contributed by atoms with Crippen LogP contribution in [0.3, 0.4) is 0 Å². The normalized spacial score (nSPS) is 13.5. The van der Waals surface area contributed by atoms with E-state index in [1.54, 1.807) is 0 Å². The van der Waals surface area contributed by atoms with Crippen LogP contribution in [0.1, 0.15) is 104 Å². The molecule has 7 rings (SSSR count). The van der Waals surface area contributed by atoms with E-state index < -0.39 is 0 Å². The summed E-state index contributed by atoms with van der Waals surface area (Å²) >= 11 is 0. The monoisotopic (exact) mass is 835 g/mol. The molecule has 0 N–H and O–H groups in total. The van der Waals surface area contributed by atoms with E-state index in [9.17, 15) is 0 Å². The molecule has 0 spiro atoms. The van der Waals surface area contributed by atoms with Crippen LogP contribution in [0.2, 0.25) is 0 Å². The third-order valence-electron chi connectivity index (χ3n) is 9.93. The minimum Gasteiger partial charge on any atom is -0.305 e. The van der Waals surface area contributed by atoms with E-state index in [1.165, 1.54) is 49.7 Å². The Bertz CT molecular complexity index is 2060. The van der Waals surface area contributed by atoms with Gasteiger partial charge in [0, 0.05) is 32.5 Å². The maximum Gasteiger partial charge on any atom is 0.0198 e. The van der Waals surface area contributed by atoms with Gasteiger partial charge in [-0.05, 0) is 72.1 Å². The Labute approximate surface area is 314 Å². The third-order valence-corrected chi connectivity index (χ3v) is 9.93. The van der Waals surface area contributed by atoms with Crippen molar-refractivity contribution < 1.29 is 20.1 Å². The van der Waals surface area contributed by atoms with Crippen molar-refractivity contribution in [1.82, 2.24) is 9.97 Å². The summed E-state index contributed by atoms with van der Waals surface area (Å²) in [5.41, 5.74) is 13.7. The number of benzene rings is 4. The Balaban J connectivity index is 0.000000204. The Kier molecular flexibility index (Phi) is 10.2. The van der Waals surface area contributed by atoms with Gasteiger partial charge in [0.15, 0.2) is 0 Å². The van der Waals surface area contributed by atoms with Crippen LogP contribution in [0.5, 0.6) is 0 Å². The second-order valence-corrected chi connectivity index (χ2v) is 17.1. The number of fused-ring (bicyclic) bond motifs is 5. The molecule has 2 heterocycles. The summed E-state index contributed by atoms with van der Waals surface area (Å²) in [6.07, 6.45) is 3.91. The van der Waals surface area contributed by atoms with Gasteiger partial charge in [0.2, 0.25) is 0 Å². The maximum atomic E-state index is 4.76. The number of pyridine rings is 2. The van der Waals surface area contributed by atoms with Crippen LogP contribution in [0.4, 0.5) is 0 Å². The van der Waals surface area contributed by atoms with Gasteiger partial charge in [-0.15, -0.1) is 64.7 Å². The number of hydrogen-bond acceptors (Lipinski definition) is 2. The topological polar surface area (TPSA) is 25.8 Å². The second-order valence-electron chi connectivity index (χ2n) is 17.1. The van der Waals surface area contributed by atoms with Crippen LogP contribution in [-0.4, -0.2) is 9.97 Å². The molecule has 0 amide bonds. The molecule has 0 aliphatic heterocycles. The zero-order valence-electron chi connectivity index (χ0n) is 31.5. The molecule has 50 heavy (non-hydrogen) atoms. The van der Waals surface area contributed by atoms with Crippen LogP contribution in [-0.2, 0) is 41.8 Å². The predicted octanol–water partition coefficient (Wildman–Crippen LogP) is 12.4. The van der Waals surface area contributed by atoms with E-state index >= 15 is 0 Å². The standard InChI is InChI=1S/C28H26N.C19H24N.Ir/c1-27(2,3)19-15-16-29-24(17-19)23-12-8-11-21-22-14-13-18-9-6-7-10-20(18)25(22)28(4,5)26(21)23;1-18(2,3)15-9-7-14(8-10-15)17-12-11-16(13-20-17)19(4,5)6;/h6-11,13-17H,1-5H3;7,9-13H,1-6H3;/q2*-1;. The Morgan fingerprint density at radius 1 is 0.580 bits per heavy atom. The maximum absolute atomic E-state index is 4.76. The zero-order chi connectivity index (χ0) is 35.4. The van der Waals surface area contributed by atoms with Gasteiger partial charge in [-0.1, -0.05) is 136 Å². The molecule has 3 heteroatoms. The summed E-state index contributed by atoms with van der Waals surface area (Å²) in [6.45, 7) is 24.7. The van der Waals surface area contributed by atoms with Crippen LogP contribution in [0, 0.1) is 12.1 Å². The van der Waals surface area contributed by atoms with Gasteiger partial charge in [0.1, 0.15) is 0 Å². The molecule has 2 aromatic heterocycles. The van der Waals surface area contributed by atoms with E-state index in [2.05, 4.69) is 184 Å². The van der Waals surface area contributed by atoms with Crippen molar-refractivity contribution in [1.29, 1.82) is 0 Å². The Morgan fingerprint density at radius 3 is 1.86 bits per heavy atom. The summed E-state index contributed by atoms with van der Waals surface area (Å²) < 4.78 is 0. The third kappa shape index (κ3) is 7.27. The minimum atomic E-state index is -0.113. The Morgan fingerprint density at radius 2 is 1.24 bits per heavy atom. The van der Waals surface area contributed by atoms with Crippen molar-refractivity contribution in [3.05, 3.63) is 143 Å². The number of nitrogens with zero attached hydrogens (tertiary/aromatic N) is 2. The molecule has 2 nitrogen and oxygen atoms in total. The van der Waals surface area contributed by atoms with Gasteiger partial charge in [-0.2, -0.15) is 0 Å². The zero-order valence-corrected chi connectivity index (χ0v) is 33.9. The summed E-state index contributed by atoms with van der Waals surface area (Å²) in [7, 11) is 0. The fourth-order valence-electron chi connectivity index (χ4n) is 6.95. The molecule has 0 fully saturated rings. The van der Waals surface area contributed by atoms with Crippen molar-refractivity contribution in [2.24, 2.45) is 0 Å². The summed E-state index contributed by atoms with van der Waals surface area (Å²) in [5, 5.41) is 2.64. The fraction of sp³-hybridized carbons (Fsp3) is 0.319. The van der Waals surface area contributed by atoms with Gasteiger partial charge in [0.05, 0.1) is 0 Å². The first-order valence-electron chi connectivity index (χ1n) is 17.5. The van der Waals surface area contributed by atoms with E-state index in [4.69, 9.17) is 4.98 Å².